The third-order valence-corrected chi connectivity index (χ3v) is 2.81. The molecule has 1 amide bonds. The topological polar surface area (TPSA) is 42.4 Å². The van der Waals surface area contributed by atoms with Gasteiger partial charge in [-0.15, -0.1) is 0 Å². The summed E-state index contributed by atoms with van der Waals surface area (Å²) in [7, 11) is 0. The summed E-state index contributed by atoms with van der Waals surface area (Å²) in [6, 6.07) is 6.69. The van der Waals surface area contributed by atoms with E-state index in [0.717, 1.165) is 12.1 Å². The largest absolute Gasteiger partial charge is 0.444 e. The van der Waals surface area contributed by atoms with Gasteiger partial charge in [-0.2, -0.15) is 0 Å². The maximum absolute atomic E-state index is 11.9. The zero-order valence-electron chi connectivity index (χ0n) is 11.6. The third-order valence-electron chi connectivity index (χ3n) is 2.81. The first-order valence-electron chi connectivity index (χ1n) is 6.45. The predicted octanol–water partition coefficient (Wildman–Crippen LogP) is 2.91. The maximum atomic E-state index is 11.9. The minimum Gasteiger partial charge on any atom is -0.444 e. The van der Waals surface area contributed by atoms with E-state index < -0.39 is 5.60 Å². The smallest absolute Gasteiger partial charge is 0.410 e. The molecule has 1 radical (unpaired) electrons. The minimum atomic E-state index is -0.447. The van der Waals surface area contributed by atoms with Gasteiger partial charge in [0, 0.05) is 25.4 Å². The van der Waals surface area contributed by atoms with E-state index in [0.29, 0.717) is 13.1 Å². The molecule has 2 rings (SSSR count). The zero-order chi connectivity index (χ0) is 13.9. The molecule has 0 aliphatic carbocycles. The lowest BCUT2D eigenvalue weighted by Crippen LogP contribution is -2.39. The second-order valence-corrected chi connectivity index (χ2v) is 5.55. The van der Waals surface area contributed by atoms with Crippen molar-refractivity contribution in [1.82, 2.24) is 9.88 Å². The van der Waals surface area contributed by atoms with Crippen molar-refractivity contribution >= 4 is 11.7 Å². The van der Waals surface area contributed by atoms with Crippen molar-refractivity contribution in [3.63, 3.8) is 0 Å². The number of carbonyl (C=O) groups excluding carboxylic acids is 1. The van der Waals surface area contributed by atoms with Crippen LogP contribution in [0.3, 0.4) is 0 Å². The molecule has 1 aliphatic rings. The molecule has 1 aliphatic heterocycles. The molecule has 101 valence electrons. The molecule has 1 aromatic rings. The van der Waals surface area contributed by atoms with Gasteiger partial charge in [0.05, 0.1) is 5.69 Å². The summed E-state index contributed by atoms with van der Waals surface area (Å²) in [5, 5.41) is 0. The van der Waals surface area contributed by atoms with Gasteiger partial charge in [-0.05, 0) is 38.8 Å². The first kappa shape index (κ1) is 13.6. The molecule has 1 aromatic heterocycles. The molecule has 0 aromatic carbocycles. The van der Waals surface area contributed by atoms with E-state index in [-0.39, 0.29) is 6.09 Å². The third kappa shape index (κ3) is 3.81. The van der Waals surface area contributed by atoms with Gasteiger partial charge in [-0.3, -0.25) is 4.98 Å². The summed E-state index contributed by atoms with van der Waals surface area (Å²) in [4.78, 5) is 17.9. The number of hydrogen-bond acceptors (Lipinski definition) is 3. The molecule has 19 heavy (non-hydrogen) atoms. The number of carbonyl (C=O) groups is 1. The fourth-order valence-corrected chi connectivity index (χ4v) is 1.90. The Morgan fingerprint density at radius 1 is 1.47 bits per heavy atom. The highest BCUT2D eigenvalue weighted by atomic mass is 16.6. The van der Waals surface area contributed by atoms with Crippen LogP contribution in [0.2, 0.25) is 0 Å². The van der Waals surface area contributed by atoms with E-state index in [9.17, 15) is 4.79 Å². The maximum Gasteiger partial charge on any atom is 0.410 e. The van der Waals surface area contributed by atoms with E-state index in [4.69, 9.17) is 4.74 Å². The average Bonchev–Trinajstić information content (AvgIpc) is 2.38. The van der Waals surface area contributed by atoms with Crippen molar-refractivity contribution < 1.29 is 9.53 Å². The molecule has 0 atom stereocenters. The van der Waals surface area contributed by atoms with Crippen LogP contribution in [0.15, 0.2) is 24.4 Å². The van der Waals surface area contributed by atoms with Gasteiger partial charge in [-0.25, -0.2) is 4.79 Å². The summed E-state index contributed by atoms with van der Waals surface area (Å²) in [5.74, 6) is 0. The van der Waals surface area contributed by atoms with Crippen LogP contribution in [0.4, 0.5) is 4.79 Å². The first-order chi connectivity index (χ1) is 8.96. The molecule has 2 heterocycles. The van der Waals surface area contributed by atoms with Gasteiger partial charge in [0.2, 0.25) is 0 Å². The Morgan fingerprint density at radius 2 is 2.26 bits per heavy atom. The van der Waals surface area contributed by atoms with E-state index in [1.165, 1.54) is 5.57 Å². The zero-order valence-corrected chi connectivity index (χ0v) is 11.6. The number of amides is 1. The van der Waals surface area contributed by atoms with Gasteiger partial charge in [0.25, 0.3) is 0 Å². The second-order valence-electron chi connectivity index (χ2n) is 5.55. The van der Waals surface area contributed by atoms with Crippen LogP contribution in [0, 0.1) is 6.07 Å². The highest BCUT2D eigenvalue weighted by Gasteiger charge is 2.23. The van der Waals surface area contributed by atoms with Crippen molar-refractivity contribution in [3.05, 3.63) is 36.2 Å². The van der Waals surface area contributed by atoms with E-state index >= 15 is 0 Å². The molecule has 0 fully saturated rings. The number of hydrogen-bond donors (Lipinski definition) is 0. The minimum absolute atomic E-state index is 0.253. The summed E-state index contributed by atoms with van der Waals surface area (Å²) in [5.41, 5.74) is 1.69. The Kier molecular flexibility index (Phi) is 3.88. The Morgan fingerprint density at radius 3 is 2.79 bits per heavy atom. The number of rotatable bonds is 1. The van der Waals surface area contributed by atoms with Crippen LogP contribution in [-0.2, 0) is 4.74 Å². The molecule has 4 nitrogen and oxygen atoms in total. The lowest BCUT2D eigenvalue weighted by atomic mass is 10.0. The number of aromatic nitrogens is 1. The predicted molar refractivity (Wildman–Crippen MR) is 73.5 cm³/mol. The van der Waals surface area contributed by atoms with E-state index in [1.807, 2.05) is 39.0 Å². The monoisotopic (exact) mass is 259 g/mol. The molecule has 0 saturated heterocycles. The Balaban J connectivity index is 1.98. The molecular weight excluding hydrogens is 240 g/mol. The first-order valence-corrected chi connectivity index (χ1v) is 6.45. The Bertz CT molecular complexity index is 475. The summed E-state index contributed by atoms with van der Waals surface area (Å²) >= 11 is 0. The van der Waals surface area contributed by atoms with Crippen molar-refractivity contribution in [1.29, 1.82) is 0 Å². The Hall–Kier alpha value is -1.84. The SMILES string of the molecule is CC(C)(C)OC(=O)N1CC=C(c2cc[c]cn2)CC1. The van der Waals surface area contributed by atoms with Crippen molar-refractivity contribution in [2.45, 2.75) is 32.8 Å². The van der Waals surface area contributed by atoms with E-state index in [2.05, 4.69) is 11.1 Å². The van der Waals surface area contributed by atoms with E-state index in [1.54, 1.807) is 11.1 Å². The van der Waals surface area contributed by atoms with Crippen LogP contribution in [0.1, 0.15) is 32.9 Å². The summed E-state index contributed by atoms with van der Waals surface area (Å²) in [6.45, 7) is 6.87. The molecule has 0 spiro atoms. The molecule has 0 unspecified atom stereocenters. The van der Waals surface area contributed by atoms with Crippen LogP contribution in [-0.4, -0.2) is 34.7 Å². The van der Waals surface area contributed by atoms with Crippen LogP contribution in [0.5, 0.6) is 0 Å². The average molecular weight is 259 g/mol. The normalized spacial score (nSPS) is 15.9. The second kappa shape index (κ2) is 5.43. The van der Waals surface area contributed by atoms with Crippen LogP contribution < -0.4 is 0 Å². The fourth-order valence-electron chi connectivity index (χ4n) is 1.90. The molecular formula is C15H19N2O2. The van der Waals surface area contributed by atoms with Gasteiger partial charge >= 0.3 is 6.09 Å². The van der Waals surface area contributed by atoms with Gasteiger partial charge in [0.15, 0.2) is 0 Å². The van der Waals surface area contributed by atoms with Gasteiger partial charge in [-0.1, -0.05) is 12.1 Å². The van der Waals surface area contributed by atoms with Gasteiger partial charge in [0.1, 0.15) is 5.60 Å². The summed E-state index contributed by atoms with van der Waals surface area (Å²) < 4.78 is 5.36. The lowest BCUT2D eigenvalue weighted by molar-refractivity contribution is 0.0270. The lowest BCUT2D eigenvalue weighted by Gasteiger charge is -2.29. The molecule has 4 heteroatoms. The number of nitrogens with zero attached hydrogens (tertiary/aromatic N) is 2. The fraction of sp³-hybridized carbons (Fsp3) is 0.467. The van der Waals surface area contributed by atoms with Crippen molar-refractivity contribution in [3.8, 4) is 0 Å². The van der Waals surface area contributed by atoms with Gasteiger partial charge < -0.3 is 9.64 Å². The molecule has 0 N–H and O–H groups in total. The molecule has 0 bridgehead atoms. The highest BCUT2D eigenvalue weighted by molar-refractivity contribution is 5.71. The van der Waals surface area contributed by atoms with Crippen molar-refractivity contribution in [2.24, 2.45) is 0 Å². The summed E-state index contributed by atoms with van der Waals surface area (Å²) in [6.07, 6.45) is 4.25. The van der Waals surface area contributed by atoms with Crippen molar-refractivity contribution in [2.75, 3.05) is 13.1 Å². The Labute approximate surface area is 114 Å². The standard InChI is InChI=1S/C15H19N2O2/c1-15(2,3)19-14(18)17-10-7-12(8-11-17)13-6-4-5-9-16-13/h4,6-7,9H,8,10-11H2,1-3H3. The van der Waals surface area contributed by atoms with Crippen LogP contribution >= 0.6 is 0 Å². The number of ether oxygens (including phenoxy) is 1. The highest BCUT2D eigenvalue weighted by Crippen LogP contribution is 2.21. The molecule has 0 saturated carbocycles. The van der Waals surface area contributed by atoms with Crippen LogP contribution in [0.25, 0.3) is 5.57 Å². The number of pyridine rings is 1. The quantitative estimate of drug-likeness (QED) is 0.778.